The van der Waals surface area contributed by atoms with Gasteiger partial charge in [-0.3, -0.25) is 9.59 Å². The standard InChI is InChI=1S/C17H13BrFN3O2/c1-9(10-2-4-13(19)5-3-10)21-16(23)14-7-11-6-12(18)8-20-15(11)22-17(14)24/h2-9H,1H3,(H,21,23)(H,20,22,24). The van der Waals surface area contributed by atoms with Crippen LogP contribution in [0.4, 0.5) is 4.39 Å². The number of halogens is 2. The van der Waals surface area contributed by atoms with Crippen molar-refractivity contribution in [2.45, 2.75) is 13.0 Å². The molecule has 3 aromatic rings. The predicted octanol–water partition coefficient (Wildman–Crippen LogP) is 3.32. The first-order valence-corrected chi connectivity index (χ1v) is 7.98. The van der Waals surface area contributed by atoms with E-state index in [9.17, 15) is 14.0 Å². The molecule has 2 N–H and O–H groups in total. The summed E-state index contributed by atoms with van der Waals surface area (Å²) >= 11 is 3.30. The highest BCUT2D eigenvalue weighted by Gasteiger charge is 2.16. The van der Waals surface area contributed by atoms with E-state index in [1.54, 1.807) is 31.3 Å². The van der Waals surface area contributed by atoms with Gasteiger partial charge in [0.25, 0.3) is 11.5 Å². The van der Waals surface area contributed by atoms with Gasteiger partial charge >= 0.3 is 0 Å². The van der Waals surface area contributed by atoms with Gasteiger partial charge in [0.05, 0.1) is 6.04 Å². The average molecular weight is 390 g/mol. The quantitative estimate of drug-likeness (QED) is 0.721. The molecule has 0 aliphatic rings. The number of aromatic nitrogens is 2. The Labute approximate surface area is 145 Å². The Bertz CT molecular complexity index is 970. The summed E-state index contributed by atoms with van der Waals surface area (Å²) in [7, 11) is 0. The van der Waals surface area contributed by atoms with Crippen molar-refractivity contribution in [3.05, 3.63) is 74.4 Å². The highest BCUT2D eigenvalue weighted by Crippen LogP contribution is 2.16. The second kappa shape index (κ2) is 6.52. The van der Waals surface area contributed by atoms with Gasteiger partial charge in [0.1, 0.15) is 17.0 Å². The van der Waals surface area contributed by atoms with E-state index in [1.165, 1.54) is 18.2 Å². The number of nitrogens with one attached hydrogen (secondary N) is 2. The molecule has 0 aliphatic heterocycles. The van der Waals surface area contributed by atoms with E-state index < -0.39 is 11.5 Å². The highest BCUT2D eigenvalue weighted by molar-refractivity contribution is 9.10. The van der Waals surface area contributed by atoms with Crippen molar-refractivity contribution < 1.29 is 9.18 Å². The van der Waals surface area contributed by atoms with Crippen molar-refractivity contribution in [1.29, 1.82) is 0 Å². The van der Waals surface area contributed by atoms with E-state index in [0.29, 0.717) is 11.0 Å². The van der Waals surface area contributed by atoms with Crippen molar-refractivity contribution in [1.82, 2.24) is 15.3 Å². The van der Waals surface area contributed by atoms with Gasteiger partial charge in [-0.15, -0.1) is 0 Å². The lowest BCUT2D eigenvalue weighted by Gasteiger charge is -2.14. The summed E-state index contributed by atoms with van der Waals surface area (Å²) in [5, 5.41) is 3.38. The molecule has 0 radical (unpaired) electrons. The molecule has 3 rings (SSSR count). The minimum atomic E-state index is -0.513. The summed E-state index contributed by atoms with van der Waals surface area (Å²) in [5.74, 6) is -0.851. The smallest absolute Gasteiger partial charge is 0.262 e. The molecule has 0 saturated carbocycles. The van der Waals surface area contributed by atoms with Crippen LogP contribution in [0.2, 0.25) is 0 Å². The number of amides is 1. The van der Waals surface area contributed by atoms with Crippen molar-refractivity contribution in [2.24, 2.45) is 0 Å². The van der Waals surface area contributed by atoms with Gasteiger partial charge in [-0.2, -0.15) is 0 Å². The Morgan fingerprint density at radius 1 is 1.29 bits per heavy atom. The van der Waals surface area contributed by atoms with Gasteiger partial charge in [-0.05, 0) is 52.7 Å². The molecular weight excluding hydrogens is 377 g/mol. The molecule has 0 bridgehead atoms. The predicted molar refractivity (Wildman–Crippen MR) is 92.3 cm³/mol. The van der Waals surface area contributed by atoms with E-state index in [0.717, 1.165) is 10.0 Å². The Hall–Kier alpha value is -2.54. The lowest BCUT2D eigenvalue weighted by atomic mass is 10.1. The Kier molecular flexibility index (Phi) is 4.44. The number of pyridine rings is 2. The minimum absolute atomic E-state index is 0.00337. The second-order valence-corrected chi connectivity index (χ2v) is 6.27. The molecule has 24 heavy (non-hydrogen) atoms. The fourth-order valence-corrected chi connectivity index (χ4v) is 2.69. The molecule has 0 aliphatic carbocycles. The zero-order valence-electron chi connectivity index (χ0n) is 12.6. The first-order valence-electron chi connectivity index (χ1n) is 7.19. The summed E-state index contributed by atoms with van der Waals surface area (Å²) < 4.78 is 13.7. The third-order valence-corrected chi connectivity index (χ3v) is 4.06. The van der Waals surface area contributed by atoms with E-state index in [-0.39, 0.29) is 17.4 Å². The normalized spacial score (nSPS) is 12.1. The van der Waals surface area contributed by atoms with Crippen LogP contribution in [-0.4, -0.2) is 15.9 Å². The van der Waals surface area contributed by atoms with Crippen LogP contribution in [0.15, 0.2) is 51.9 Å². The van der Waals surface area contributed by atoms with Crippen LogP contribution in [0, 0.1) is 5.82 Å². The maximum atomic E-state index is 13.0. The molecule has 1 atom stereocenters. The summed E-state index contributed by atoms with van der Waals surface area (Å²) in [6.45, 7) is 1.76. The van der Waals surface area contributed by atoms with Crippen molar-refractivity contribution in [3.63, 3.8) is 0 Å². The molecule has 2 aromatic heterocycles. The van der Waals surface area contributed by atoms with E-state index >= 15 is 0 Å². The minimum Gasteiger partial charge on any atom is -0.345 e. The van der Waals surface area contributed by atoms with Crippen LogP contribution in [0.5, 0.6) is 0 Å². The van der Waals surface area contributed by atoms with E-state index in [2.05, 4.69) is 31.2 Å². The van der Waals surface area contributed by atoms with Crippen LogP contribution in [0.25, 0.3) is 11.0 Å². The molecule has 5 nitrogen and oxygen atoms in total. The molecule has 122 valence electrons. The highest BCUT2D eigenvalue weighted by atomic mass is 79.9. The summed E-state index contributed by atoms with van der Waals surface area (Å²) in [6, 6.07) is 8.72. The fourth-order valence-electron chi connectivity index (χ4n) is 2.34. The molecule has 1 aromatic carbocycles. The van der Waals surface area contributed by atoms with Gasteiger partial charge in [0.15, 0.2) is 0 Å². The van der Waals surface area contributed by atoms with Crippen LogP contribution in [-0.2, 0) is 0 Å². The van der Waals surface area contributed by atoms with E-state index in [1.807, 2.05) is 0 Å². The number of hydrogen-bond acceptors (Lipinski definition) is 3. The monoisotopic (exact) mass is 389 g/mol. The first kappa shape index (κ1) is 16.3. The zero-order valence-corrected chi connectivity index (χ0v) is 14.2. The van der Waals surface area contributed by atoms with Gasteiger partial charge in [0.2, 0.25) is 0 Å². The number of fused-ring (bicyclic) bond motifs is 1. The molecule has 1 amide bonds. The third kappa shape index (κ3) is 3.35. The number of rotatable bonds is 3. The van der Waals surface area contributed by atoms with Crippen LogP contribution >= 0.6 is 15.9 Å². The maximum absolute atomic E-state index is 13.0. The number of aromatic amines is 1. The van der Waals surface area contributed by atoms with E-state index in [4.69, 9.17) is 0 Å². The van der Waals surface area contributed by atoms with Crippen LogP contribution < -0.4 is 10.9 Å². The van der Waals surface area contributed by atoms with Gasteiger partial charge < -0.3 is 10.3 Å². The fraction of sp³-hybridized carbons (Fsp3) is 0.118. The topological polar surface area (TPSA) is 74.8 Å². The molecule has 0 spiro atoms. The van der Waals surface area contributed by atoms with Crippen molar-refractivity contribution in [2.75, 3.05) is 0 Å². The average Bonchev–Trinajstić information content (AvgIpc) is 2.55. The Balaban J connectivity index is 1.89. The lowest BCUT2D eigenvalue weighted by molar-refractivity contribution is 0.0938. The molecule has 2 heterocycles. The molecule has 1 unspecified atom stereocenters. The van der Waals surface area contributed by atoms with Crippen LogP contribution in [0.1, 0.15) is 28.9 Å². The number of carbonyl (C=O) groups excluding carboxylic acids is 1. The number of benzene rings is 1. The Morgan fingerprint density at radius 3 is 2.71 bits per heavy atom. The summed E-state index contributed by atoms with van der Waals surface area (Å²) in [6.07, 6.45) is 1.56. The van der Waals surface area contributed by atoms with Crippen LogP contribution in [0.3, 0.4) is 0 Å². The summed E-state index contributed by atoms with van der Waals surface area (Å²) in [5.41, 5.74) is 0.634. The van der Waals surface area contributed by atoms with Crippen molar-refractivity contribution >= 4 is 32.9 Å². The first-order chi connectivity index (χ1) is 11.4. The summed E-state index contributed by atoms with van der Waals surface area (Å²) in [4.78, 5) is 31.2. The third-order valence-electron chi connectivity index (χ3n) is 3.62. The van der Waals surface area contributed by atoms with Gasteiger partial charge in [0, 0.05) is 16.1 Å². The van der Waals surface area contributed by atoms with Gasteiger partial charge in [-0.25, -0.2) is 9.37 Å². The molecule has 0 fully saturated rings. The van der Waals surface area contributed by atoms with Gasteiger partial charge in [-0.1, -0.05) is 12.1 Å². The zero-order chi connectivity index (χ0) is 17.3. The van der Waals surface area contributed by atoms with Crippen molar-refractivity contribution in [3.8, 4) is 0 Å². The number of nitrogens with zero attached hydrogens (tertiary/aromatic N) is 1. The molecular formula is C17H13BrFN3O2. The molecule has 7 heteroatoms. The Morgan fingerprint density at radius 2 is 2.00 bits per heavy atom. The largest absolute Gasteiger partial charge is 0.345 e. The lowest BCUT2D eigenvalue weighted by Crippen LogP contribution is -2.31. The molecule has 0 saturated heterocycles. The number of carbonyl (C=O) groups is 1. The number of hydrogen-bond donors (Lipinski definition) is 2. The SMILES string of the molecule is CC(NC(=O)c1cc2cc(Br)cnc2[nH]c1=O)c1ccc(F)cc1. The number of H-pyrrole nitrogens is 1. The maximum Gasteiger partial charge on any atom is 0.262 e. The second-order valence-electron chi connectivity index (χ2n) is 5.35.